The summed E-state index contributed by atoms with van der Waals surface area (Å²) in [6, 6.07) is 12.9. The normalized spacial score (nSPS) is 15.1. The van der Waals surface area contributed by atoms with Crippen molar-refractivity contribution in [3.63, 3.8) is 0 Å². The molecule has 1 saturated heterocycles. The predicted molar refractivity (Wildman–Crippen MR) is 154 cm³/mol. The van der Waals surface area contributed by atoms with E-state index >= 15 is 0 Å². The topological polar surface area (TPSA) is 131 Å². The highest BCUT2D eigenvalue weighted by molar-refractivity contribution is 7.22. The molecule has 0 bridgehead atoms. The molecule has 1 aliphatic heterocycles. The molecule has 1 amide bonds. The summed E-state index contributed by atoms with van der Waals surface area (Å²) in [5, 5.41) is 14.6. The van der Waals surface area contributed by atoms with Gasteiger partial charge in [0.25, 0.3) is 5.56 Å². The first-order valence-corrected chi connectivity index (χ1v) is 13.5. The lowest BCUT2D eigenvalue weighted by atomic mass is 10.1. The summed E-state index contributed by atoms with van der Waals surface area (Å²) in [4.78, 5) is 40.3. The Kier molecular flexibility index (Phi) is 7.87. The number of anilines is 1. The summed E-state index contributed by atoms with van der Waals surface area (Å²) in [6.07, 6.45) is 2.81. The molecule has 3 heterocycles. The van der Waals surface area contributed by atoms with Gasteiger partial charge < -0.3 is 15.5 Å². The van der Waals surface area contributed by atoms with E-state index in [9.17, 15) is 18.8 Å². The van der Waals surface area contributed by atoms with Crippen molar-refractivity contribution in [3.8, 4) is 5.75 Å². The van der Waals surface area contributed by atoms with E-state index < -0.39 is 23.1 Å². The summed E-state index contributed by atoms with van der Waals surface area (Å²) in [5.74, 6) is -0.327. The van der Waals surface area contributed by atoms with E-state index in [4.69, 9.17) is 10.1 Å². The Bertz CT molecular complexity index is 1730. The second-order valence-corrected chi connectivity index (χ2v) is 10.3. The number of nitrogens with one attached hydrogen (secondary N) is 3. The number of carbonyl (C=O) groups is 1. The molecule has 206 valence electrons. The molecular formula is C28H27FN6O4S. The second-order valence-electron chi connectivity index (χ2n) is 9.27. The Morgan fingerprint density at radius 2 is 2.02 bits per heavy atom. The Hall–Kier alpha value is -4.58. The molecule has 2 aromatic heterocycles. The fourth-order valence-electron chi connectivity index (χ4n) is 4.76. The molecule has 4 aromatic rings. The fourth-order valence-corrected chi connectivity index (χ4v) is 5.92. The maximum atomic E-state index is 14.3. The van der Waals surface area contributed by atoms with Crippen LogP contribution in [-0.2, 0) is 24.4 Å². The first kappa shape index (κ1) is 27.0. The highest BCUT2D eigenvalue weighted by atomic mass is 32.1. The molecule has 12 heteroatoms. The van der Waals surface area contributed by atoms with E-state index in [1.165, 1.54) is 34.3 Å². The van der Waals surface area contributed by atoms with Gasteiger partial charge in [-0.05, 0) is 49.1 Å². The number of rotatable bonds is 10. The fraction of sp³-hybridized carbons (Fsp3) is 0.250. The first-order chi connectivity index (χ1) is 19.4. The predicted octanol–water partition coefficient (Wildman–Crippen LogP) is 3.60. The first-order valence-electron chi connectivity index (χ1n) is 12.7. The SMILES string of the molecule is Cc1c(N/N=C\C=N)sc2c1c(=O)n([C@H]1CCNC1=O)c(=O)n2CCc1cc(F)ccc1OCc1ccccc1. The van der Waals surface area contributed by atoms with Crippen molar-refractivity contribution >= 4 is 44.9 Å². The third-order valence-electron chi connectivity index (χ3n) is 6.75. The van der Waals surface area contributed by atoms with E-state index in [2.05, 4.69) is 15.8 Å². The maximum absolute atomic E-state index is 14.3. The molecule has 1 atom stereocenters. The van der Waals surface area contributed by atoms with Crippen LogP contribution in [0, 0.1) is 18.2 Å². The van der Waals surface area contributed by atoms with Crippen molar-refractivity contribution in [1.82, 2.24) is 14.5 Å². The quantitative estimate of drug-likeness (QED) is 0.201. The Morgan fingerprint density at radius 1 is 1.23 bits per heavy atom. The van der Waals surface area contributed by atoms with Crippen molar-refractivity contribution in [2.45, 2.75) is 39.0 Å². The van der Waals surface area contributed by atoms with Crippen LogP contribution in [-0.4, -0.2) is 34.0 Å². The van der Waals surface area contributed by atoms with Crippen LogP contribution in [0.5, 0.6) is 5.75 Å². The van der Waals surface area contributed by atoms with Gasteiger partial charge >= 0.3 is 5.69 Å². The number of thiophene rings is 1. The zero-order valence-electron chi connectivity index (χ0n) is 21.6. The van der Waals surface area contributed by atoms with Crippen LogP contribution < -0.4 is 26.7 Å². The largest absolute Gasteiger partial charge is 0.489 e. The number of aryl methyl sites for hydroxylation is 3. The number of nitrogens with zero attached hydrogens (tertiary/aromatic N) is 3. The second kappa shape index (κ2) is 11.7. The number of hydrogen-bond acceptors (Lipinski definition) is 8. The number of aromatic nitrogens is 2. The van der Waals surface area contributed by atoms with Crippen molar-refractivity contribution in [2.75, 3.05) is 12.0 Å². The van der Waals surface area contributed by atoms with Gasteiger partial charge in [-0.25, -0.2) is 13.8 Å². The van der Waals surface area contributed by atoms with Gasteiger partial charge in [0.2, 0.25) is 5.91 Å². The molecule has 1 aliphatic rings. The molecule has 0 unspecified atom stereocenters. The van der Waals surface area contributed by atoms with E-state index in [1.54, 1.807) is 13.0 Å². The minimum atomic E-state index is -0.916. The minimum absolute atomic E-state index is 0.109. The van der Waals surface area contributed by atoms with Crippen LogP contribution in [0.25, 0.3) is 10.2 Å². The summed E-state index contributed by atoms with van der Waals surface area (Å²) < 4.78 is 22.8. The number of amides is 1. The molecular weight excluding hydrogens is 535 g/mol. The van der Waals surface area contributed by atoms with Crippen molar-refractivity contribution in [3.05, 3.63) is 91.9 Å². The van der Waals surface area contributed by atoms with Crippen LogP contribution in [0.2, 0.25) is 0 Å². The minimum Gasteiger partial charge on any atom is -0.489 e. The highest BCUT2D eigenvalue weighted by Crippen LogP contribution is 2.33. The third-order valence-corrected chi connectivity index (χ3v) is 7.97. The van der Waals surface area contributed by atoms with E-state index in [-0.39, 0.29) is 18.9 Å². The van der Waals surface area contributed by atoms with Gasteiger partial charge in [0.1, 0.15) is 34.0 Å². The van der Waals surface area contributed by atoms with Crippen molar-refractivity contribution < 1.29 is 13.9 Å². The molecule has 0 radical (unpaired) electrons. The molecule has 40 heavy (non-hydrogen) atoms. The van der Waals surface area contributed by atoms with Crippen molar-refractivity contribution in [1.29, 1.82) is 5.41 Å². The van der Waals surface area contributed by atoms with Crippen LogP contribution in [0.4, 0.5) is 9.39 Å². The standard InChI is InChI=1S/C28H27FN6O4S/c1-17-23-26(37)35(21-9-12-31-24(21)36)28(38)34(27(23)40-25(17)33-32-13-11-30)14-10-19-15-20(29)7-8-22(19)39-16-18-5-3-2-4-6-18/h2-8,11,13,15,21,30,33H,9-10,12,14,16H2,1H3,(H,31,36)/b30-11?,32-13-/t21-/m0/s1. The van der Waals surface area contributed by atoms with E-state index in [0.29, 0.717) is 51.7 Å². The number of hydrogen-bond donors (Lipinski definition) is 3. The molecule has 0 aliphatic carbocycles. The van der Waals surface area contributed by atoms with Gasteiger partial charge in [0, 0.05) is 24.9 Å². The van der Waals surface area contributed by atoms with Gasteiger partial charge in [0.05, 0.1) is 11.6 Å². The Balaban J connectivity index is 1.56. The third kappa shape index (κ3) is 5.30. The number of ether oxygens (including phenoxy) is 1. The number of hydrazone groups is 1. The molecule has 0 spiro atoms. The lowest BCUT2D eigenvalue weighted by molar-refractivity contribution is -0.122. The molecule has 5 rings (SSSR count). The van der Waals surface area contributed by atoms with Crippen LogP contribution in [0.3, 0.4) is 0 Å². The van der Waals surface area contributed by atoms with Crippen LogP contribution in [0.1, 0.15) is 29.2 Å². The van der Waals surface area contributed by atoms with Gasteiger partial charge in [-0.15, -0.1) is 0 Å². The smallest absolute Gasteiger partial charge is 0.332 e. The molecule has 3 N–H and O–H groups in total. The molecule has 2 aromatic carbocycles. The summed E-state index contributed by atoms with van der Waals surface area (Å²) in [7, 11) is 0. The average molecular weight is 563 g/mol. The summed E-state index contributed by atoms with van der Waals surface area (Å²) in [5.41, 5.74) is 3.76. The number of halogens is 1. The van der Waals surface area contributed by atoms with Gasteiger partial charge in [-0.3, -0.25) is 19.6 Å². The molecule has 0 saturated carbocycles. The molecule has 1 fully saturated rings. The van der Waals surface area contributed by atoms with E-state index in [1.807, 2.05) is 30.3 Å². The molecule has 10 nitrogen and oxygen atoms in total. The lowest BCUT2D eigenvalue weighted by Crippen LogP contribution is -2.44. The zero-order chi connectivity index (χ0) is 28.2. The maximum Gasteiger partial charge on any atom is 0.332 e. The summed E-state index contributed by atoms with van der Waals surface area (Å²) >= 11 is 1.18. The van der Waals surface area contributed by atoms with Gasteiger partial charge in [-0.2, -0.15) is 5.10 Å². The summed E-state index contributed by atoms with van der Waals surface area (Å²) in [6.45, 7) is 2.50. The van der Waals surface area contributed by atoms with Crippen LogP contribution in [0.15, 0.2) is 63.2 Å². The van der Waals surface area contributed by atoms with E-state index in [0.717, 1.165) is 16.3 Å². The highest BCUT2D eigenvalue weighted by Gasteiger charge is 2.31. The number of fused-ring (bicyclic) bond motifs is 1. The zero-order valence-corrected chi connectivity index (χ0v) is 22.5. The number of carbonyl (C=O) groups excluding carboxylic acids is 1. The van der Waals surface area contributed by atoms with Crippen molar-refractivity contribution in [2.24, 2.45) is 5.10 Å². The lowest BCUT2D eigenvalue weighted by Gasteiger charge is -2.16. The number of benzene rings is 2. The van der Waals surface area contributed by atoms with Gasteiger partial charge in [-0.1, -0.05) is 41.7 Å². The Labute approximate surface area is 232 Å². The van der Waals surface area contributed by atoms with Gasteiger partial charge in [0.15, 0.2) is 0 Å². The van der Waals surface area contributed by atoms with Crippen LogP contribution >= 0.6 is 11.3 Å². The monoisotopic (exact) mass is 562 g/mol. The Morgan fingerprint density at radius 3 is 2.75 bits per heavy atom. The average Bonchev–Trinajstić information content (AvgIpc) is 3.51.